The molecule has 2 N–H and O–H groups in total. The van der Waals surface area contributed by atoms with E-state index < -0.39 is 0 Å². The maximum atomic E-state index is 6.09. The van der Waals surface area contributed by atoms with Crippen molar-refractivity contribution in [2.75, 3.05) is 19.6 Å². The lowest BCUT2D eigenvalue weighted by molar-refractivity contribution is 0.0503. The molecule has 2 heteroatoms. The predicted molar refractivity (Wildman–Crippen MR) is 78.6 cm³/mol. The molecular formula is C16H32N2. The predicted octanol–water partition coefficient (Wildman–Crippen LogP) is 3.41. The number of nitrogens with zero attached hydrogens (tertiary/aromatic N) is 1. The van der Waals surface area contributed by atoms with E-state index >= 15 is 0 Å². The molecule has 1 saturated heterocycles. The number of hydrogen-bond donors (Lipinski definition) is 1. The van der Waals surface area contributed by atoms with Crippen molar-refractivity contribution in [2.24, 2.45) is 17.1 Å². The maximum absolute atomic E-state index is 6.09. The summed E-state index contributed by atoms with van der Waals surface area (Å²) in [6.45, 7) is 8.23. The second kappa shape index (κ2) is 6.38. The van der Waals surface area contributed by atoms with E-state index in [-0.39, 0.29) is 0 Å². The van der Waals surface area contributed by atoms with Crippen molar-refractivity contribution in [3.63, 3.8) is 0 Å². The van der Waals surface area contributed by atoms with Crippen molar-refractivity contribution in [1.29, 1.82) is 0 Å². The highest BCUT2D eigenvalue weighted by Crippen LogP contribution is 2.37. The molecule has 0 bridgehead atoms. The summed E-state index contributed by atoms with van der Waals surface area (Å²) in [5, 5.41) is 0. The molecule has 0 amide bonds. The van der Waals surface area contributed by atoms with Crippen LogP contribution in [0.25, 0.3) is 0 Å². The first-order valence-electron chi connectivity index (χ1n) is 8.12. The Hall–Kier alpha value is -0.0800. The summed E-state index contributed by atoms with van der Waals surface area (Å²) in [5.74, 6) is 0.884. The number of likely N-dealkylation sites (tertiary alicyclic amines) is 1. The highest BCUT2D eigenvalue weighted by Gasteiger charge is 2.34. The summed E-state index contributed by atoms with van der Waals surface area (Å²) in [6.07, 6.45) is 11.2. The van der Waals surface area contributed by atoms with Crippen molar-refractivity contribution >= 4 is 0 Å². The molecule has 106 valence electrons. The number of hydrogen-bond acceptors (Lipinski definition) is 2. The maximum Gasteiger partial charge on any atom is 0.0246 e. The highest BCUT2D eigenvalue weighted by atomic mass is 15.2. The molecule has 2 aliphatic rings. The molecule has 1 unspecified atom stereocenters. The van der Waals surface area contributed by atoms with E-state index in [0.717, 1.165) is 12.5 Å². The summed E-state index contributed by atoms with van der Waals surface area (Å²) in [5.41, 5.74) is 6.69. The van der Waals surface area contributed by atoms with Gasteiger partial charge in [0.15, 0.2) is 0 Å². The van der Waals surface area contributed by atoms with Crippen LogP contribution < -0.4 is 5.73 Å². The minimum atomic E-state index is 0.599. The number of nitrogens with two attached hydrogens (primary N) is 1. The number of piperidine rings is 1. The summed E-state index contributed by atoms with van der Waals surface area (Å²) in [4.78, 5) is 2.72. The van der Waals surface area contributed by atoms with Crippen LogP contribution in [-0.4, -0.2) is 30.6 Å². The lowest BCUT2D eigenvalue weighted by atomic mass is 9.76. The van der Waals surface area contributed by atoms with E-state index in [1.807, 2.05) is 0 Å². The average Bonchev–Trinajstić information content (AvgIpc) is 2.43. The molecule has 1 saturated carbocycles. The third kappa shape index (κ3) is 3.27. The largest absolute Gasteiger partial charge is 0.329 e. The fraction of sp³-hybridized carbons (Fsp3) is 1.00. The van der Waals surface area contributed by atoms with Crippen LogP contribution in [0, 0.1) is 11.3 Å². The summed E-state index contributed by atoms with van der Waals surface area (Å²) in [6, 6.07) is 0.673. The third-order valence-corrected chi connectivity index (χ3v) is 5.76. The minimum absolute atomic E-state index is 0.599. The molecule has 0 aromatic carbocycles. The van der Waals surface area contributed by atoms with Crippen LogP contribution in [0.1, 0.15) is 65.2 Å². The van der Waals surface area contributed by atoms with E-state index in [1.165, 1.54) is 64.5 Å². The van der Waals surface area contributed by atoms with E-state index in [9.17, 15) is 0 Å². The van der Waals surface area contributed by atoms with Crippen LogP contribution in [0.5, 0.6) is 0 Å². The zero-order valence-electron chi connectivity index (χ0n) is 12.5. The Bertz CT molecular complexity index is 237. The van der Waals surface area contributed by atoms with Gasteiger partial charge < -0.3 is 5.73 Å². The Morgan fingerprint density at radius 2 is 1.78 bits per heavy atom. The van der Waals surface area contributed by atoms with Crippen molar-refractivity contribution in [3.8, 4) is 0 Å². The average molecular weight is 252 g/mol. The smallest absolute Gasteiger partial charge is 0.0246 e. The van der Waals surface area contributed by atoms with Crippen LogP contribution in [0.2, 0.25) is 0 Å². The van der Waals surface area contributed by atoms with Crippen molar-refractivity contribution in [3.05, 3.63) is 0 Å². The Labute approximate surface area is 113 Å². The Kier molecular flexibility index (Phi) is 5.08. The summed E-state index contributed by atoms with van der Waals surface area (Å²) in [7, 11) is 0. The quantitative estimate of drug-likeness (QED) is 0.831. The lowest BCUT2D eigenvalue weighted by Crippen LogP contribution is -2.50. The van der Waals surface area contributed by atoms with Gasteiger partial charge in [0.25, 0.3) is 0 Å². The zero-order valence-corrected chi connectivity index (χ0v) is 12.5. The molecule has 1 aliphatic heterocycles. The van der Waals surface area contributed by atoms with Gasteiger partial charge in [-0.2, -0.15) is 0 Å². The Morgan fingerprint density at radius 1 is 1.17 bits per heavy atom. The van der Waals surface area contributed by atoms with Gasteiger partial charge in [0.05, 0.1) is 0 Å². The topological polar surface area (TPSA) is 29.3 Å². The van der Waals surface area contributed by atoms with Crippen molar-refractivity contribution in [2.45, 2.75) is 71.3 Å². The molecule has 0 aromatic rings. The molecule has 1 atom stereocenters. The van der Waals surface area contributed by atoms with Crippen molar-refractivity contribution in [1.82, 2.24) is 4.90 Å². The fourth-order valence-corrected chi connectivity index (χ4v) is 3.91. The van der Waals surface area contributed by atoms with Crippen LogP contribution in [0.4, 0.5) is 0 Å². The first-order valence-corrected chi connectivity index (χ1v) is 8.12. The molecule has 18 heavy (non-hydrogen) atoms. The van der Waals surface area contributed by atoms with E-state index in [0.29, 0.717) is 11.5 Å². The second-order valence-electron chi connectivity index (χ2n) is 6.90. The van der Waals surface area contributed by atoms with Crippen LogP contribution in [0.15, 0.2) is 0 Å². The Morgan fingerprint density at radius 3 is 2.28 bits per heavy atom. The van der Waals surface area contributed by atoms with E-state index in [2.05, 4.69) is 18.7 Å². The molecule has 2 rings (SSSR count). The highest BCUT2D eigenvalue weighted by molar-refractivity contribution is 4.88. The van der Waals surface area contributed by atoms with Gasteiger partial charge >= 0.3 is 0 Å². The van der Waals surface area contributed by atoms with Crippen LogP contribution >= 0.6 is 0 Å². The first-order chi connectivity index (χ1) is 8.68. The van der Waals surface area contributed by atoms with Crippen LogP contribution in [-0.2, 0) is 0 Å². The van der Waals surface area contributed by atoms with Crippen LogP contribution in [0.3, 0.4) is 0 Å². The lowest BCUT2D eigenvalue weighted by Gasteiger charge is -2.45. The van der Waals surface area contributed by atoms with E-state index in [4.69, 9.17) is 5.73 Å². The van der Waals surface area contributed by atoms with Gasteiger partial charge in [-0.05, 0) is 50.1 Å². The molecule has 0 aromatic heterocycles. The van der Waals surface area contributed by atoms with Gasteiger partial charge in [-0.15, -0.1) is 0 Å². The fourth-order valence-electron chi connectivity index (χ4n) is 3.91. The molecule has 2 fully saturated rings. The van der Waals surface area contributed by atoms with E-state index in [1.54, 1.807) is 0 Å². The second-order valence-corrected chi connectivity index (χ2v) is 6.90. The van der Waals surface area contributed by atoms with Gasteiger partial charge in [0, 0.05) is 12.6 Å². The summed E-state index contributed by atoms with van der Waals surface area (Å²) >= 11 is 0. The SMILES string of the molecule is CCC1(C)CCN(C(CN)C2CCCCC2)CC1. The molecular weight excluding hydrogens is 220 g/mol. The Balaban J connectivity index is 1.89. The first kappa shape index (κ1) is 14.3. The molecule has 1 heterocycles. The molecule has 0 radical (unpaired) electrons. The molecule has 2 nitrogen and oxygen atoms in total. The summed E-state index contributed by atoms with van der Waals surface area (Å²) < 4.78 is 0. The third-order valence-electron chi connectivity index (χ3n) is 5.76. The van der Waals surface area contributed by atoms with Gasteiger partial charge in [0.1, 0.15) is 0 Å². The van der Waals surface area contributed by atoms with Crippen molar-refractivity contribution < 1.29 is 0 Å². The van der Waals surface area contributed by atoms with Gasteiger partial charge in [-0.3, -0.25) is 4.90 Å². The molecule has 0 spiro atoms. The molecule has 1 aliphatic carbocycles. The zero-order chi connectivity index (χ0) is 13.0. The normalized spacial score (nSPS) is 28.2. The monoisotopic (exact) mass is 252 g/mol. The standard InChI is InChI=1S/C16H32N2/c1-3-16(2)9-11-18(12-10-16)15(13-17)14-7-5-4-6-8-14/h14-15H,3-13,17H2,1-2H3. The van der Waals surface area contributed by atoms with Gasteiger partial charge in [0.2, 0.25) is 0 Å². The number of rotatable bonds is 4. The van der Waals surface area contributed by atoms with Gasteiger partial charge in [-0.1, -0.05) is 39.5 Å². The minimum Gasteiger partial charge on any atom is -0.329 e. The van der Waals surface area contributed by atoms with Gasteiger partial charge in [-0.25, -0.2) is 0 Å².